The number of ether oxygens (including phenoxy) is 1. The fourth-order valence-electron chi connectivity index (χ4n) is 2.12. The number of aromatic nitrogens is 2. The van der Waals surface area contributed by atoms with Crippen molar-refractivity contribution in [2.45, 2.75) is 33.7 Å². The predicted octanol–water partition coefficient (Wildman–Crippen LogP) is 2.98. The monoisotopic (exact) mass is 314 g/mol. The summed E-state index contributed by atoms with van der Waals surface area (Å²) in [6.45, 7) is 7.63. The Morgan fingerprint density at radius 1 is 1.17 bits per heavy atom. The molecule has 0 unspecified atom stereocenters. The molecule has 1 heterocycles. The van der Waals surface area contributed by atoms with Gasteiger partial charge in [0.15, 0.2) is 0 Å². The van der Waals surface area contributed by atoms with Crippen molar-refractivity contribution in [2.24, 2.45) is 0 Å². The van der Waals surface area contributed by atoms with E-state index in [0.717, 1.165) is 11.3 Å². The molecule has 0 saturated heterocycles. The van der Waals surface area contributed by atoms with Gasteiger partial charge >= 0.3 is 0 Å². The van der Waals surface area contributed by atoms with Crippen LogP contribution in [0.3, 0.4) is 0 Å². The fourth-order valence-corrected chi connectivity index (χ4v) is 2.12. The van der Waals surface area contributed by atoms with Gasteiger partial charge in [-0.3, -0.25) is 4.79 Å². The highest BCUT2D eigenvalue weighted by Crippen LogP contribution is 2.27. The molecule has 0 aliphatic heterocycles. The summed E-state index contributed by atoms with van der Waals surface area (Å²) in [5.74, 6) is 0.835. The van der Waals surface area contributed by atoms with Crippen LogP contribution >= 0.6 is 0 Å². The minimum atomic E-state index is -0.218. The number of rotatable bonds is 5. The van der Waals surface area contributed by atoms with Crippen molar-refractivity contribution in [3.63, 3.8) is 0 Å². The highest BCUT2D eigenvalue weighted by Gasteiger charge is 2.13. The molecule has 0 spiro atoms. The van der Waals surface area contributed by atoms with Gasteiger partial charge in [-0.25, -0.2) is 9.97 Å². The van der Waals surface area contributed by atoms with Crippen LogP contribution in [0.1, 0.15) is 35.6 Å². The van der Waals surface area contributed by atoms with Gasteiger partial charge in [-0.1, -0.05) is 6.07 Å². The molecule has 0 saturated carbocycles. The van der Waals surface area contributed by atoms with Gasteiger partial charge in [0.2, 0.25) is 5.95 Å². The Labute approximate surface area is 136 Å². The Balaban J connectivity index is 2.32. The standard InChI is InChI=1S/C17H22N4O2/c1-10(2)18-16(22)14-9-12(4)19-17(21-14)20-13-8-11(3)6-7-15(13)23-5/h6-10H,1-5H3,(H,18,22)(H,19,20,21). The fraction of sp³-hybridized carbons (Fsp3) is 0.353. The Hall–Kier alpha value is -2.63. The van der Waals surface area contributed by atoms with Crippen LogP contribution in [0.5, 0.6) is 5.75 Å². The lowest BCUT2D eigenvalue weighted by Crippen LogP contribution is -2.31. The zero-order valence-electron chi connectivity index (χ0n) is 14.1. The maximum absolute atomic E-state index is 12.1. The largest absolute Gasteiger partial charge is 0.495 e. The maximum Gasteiger partial charge on any atom is 0.270 e. The van der Waals surface area contributed by atoms with E-state index in [-0.39, 0.29) is 11.9 Å². The second-order valence-electron chi connectivity index (χ2n) is 5.68. The lowest BCUT2D eigenvalue weighted by molar-refractivity contribution is 0.0938. The average Bonchev–Trinajstić information content (AvgIpc) is 2.46. The SMILES string of the molecule is COc1ccc(C)cc1Nc1nc(C)cc(C(=O)NC(C)C)n1. The van der Waals surface area contributed by atoms with Gasteiger partial charge in [-0.15, -0.1) is 0 Å². The van der Waals surface area contributed by atoms with Crippen LogP contribution in [0.25, 0.3) is 0 Å². The Bertz CT molecular complexity index is 714. The number of carbonyl (C=O) groups excluding carboxylic acids is 1. The molecule has 6 heteroatoms. The summed E-state index contributed by atoms with van der Waals surface area (Å²) < 4.78 is 5.34. The number of benzene rings is 1. The van der Waals surface area contributed by atoms with E-state index in [2.05, 4.69) is 20.6 Å². The number of anilines is 2. The molecule has 2 rings (SSSR count). The van der Waals surface area contributed by atoms with Crippen LogP contribution in [-0.4, -0.2) is 29.0 Å². The van der Waals surface area contributed by atoms with E-state index >= 15 is 0 Å². The number of nitrogens with zero attached hydrogens (tertiary/aromatic N) is 2. The van der Waals surface area contributed by atoms with Gasteiger partial charge in [-0.05, 0) is 51.5 Å². The first-order valence-electron chi connectivity index (χ1n) is 7.47. The molecule has 1 aromatic heterocycles. The number of nitrogens with one attached hydrogen (secondary N) is 2. The summed E-state index contributed by atoms with van der Waals surface area (Å²) in [5, 5.41) is 5.95. The molecule has 0 aliphatic rings. The highest BCUT2D eigenvalue weighted by atomic mass is 16.5. The zero-order valence-corrected chi connectivity index (χ0v) is 14.1. The van der Waals surface area contributed by atoms with Crippen molar-refractivity contribution in [3.8, 4) is 5.75 Å². The van der Waals surface area contributed by atoms with Crippen molar-refractivity contribution in [1.29, 1.82) is 0 Å². The van der Waals surface area contributed by atoms with Crippen molar-refractivity contribution in [2.75, 3.05) is 12.4 Å². The van der Waals surface area contributed by atoms with Gasteiger partial charge < -0.3 is 15.4 Å². The van der Waals surface area contributed by atoms with Crippen LogP contribution in [0.4, 0.5) is 11.6 Å². The molecule has 1 aromatic carbocycles. The quantitative estimate of drug-likeness (QED) is 0.887. The molecule has 1 amide bonds. The second kappa shape index (κ2) is 7.09. The molecular weight excluding hydrogens is 292 g/mol. The molecule has 0 aliphatic carbocycles. The summed E-state index contributed by atoms with van der Waals surface area (Å²) in [7, 11) is 1.61. The molecule has 0 bridgehead atoms. The van der Waals surface area contributed by atoms with Gasteiger partial charge in [0.1, 0.15) is 11.4 Å². The first kappa shape index (κ1) is 16.7. The normalized spacial score (nSPS) is 10.5. The van der Waals surface area contributed by atoms with Crippen molar-refractivity contribution >= 4 is 17.5 Å². The minimum Gasteiger partial charge on any atom is -0.495 e. The van der Waals surface area contributed by atoms with E-state index in [4.69, 9.17) is 4.74 Å². The third-order valence-corrected chi connectivity index (χ3v) is 3.11. The Morgan fingerprint density at radius 2 is 1.91 bits per heavy atom. The van der Waals surface area contributed by atoms with Crippen molar-refractivity contribution < 1.29 is 9.53 Å². The third-order valence-electron chi connectivity index (χ3n) is 3.11. The van der Waals surface area contributed by atoms with E-state index < -0.39 is 0 Å². The highest BCUT2D eigenvalue weighted by molar-refractivity contribution is 5.92. The van der Waals surface area contributed by atoms with Gasteiger partial charge in [0.25, 0.3) is 5.91 Å². The van der Waals surface area contributed by atoms with E-state index in [1.807, 2.05) is 45.9 Å². The number of methoxy groups -OCH3 is 1. The number of hydrogen-bond acceptors (Lipinski definition) is 5. The molecule has 0 fully saturated rings. The third kappa shape index (κ3) is 4.42. The topological polar surface area (TPSA) is 76.1 Å². The van der Waals surface area contributed by atoms with E-state index in [1.165, 1.54) is 0 Å². The van der Waals surface area contributed by atoms with Crippen LogP contribution in [0.15, 0.2) is 24.3 Å². The van der Waals surface area contributed by atoms with Gasteiger partial charge in [0, 0.05) is 11.7 Å². The smallest absolute Gasteiger partial charge is 0.270 e. The van der Waals surface area contributed by atoms with Crippen LogP contribution < -0.4 is 15.4 Å². The number of hydrogen-bond donors (Lipinski definition) is 2. The van der Waals surface area contributed by atoms with Gasteiger partial charge in [0.05, 0.1) is 12.8 Å². The zero-order chi connectivity index (χ0) is 17.0. The Morgan fingerprint density at radius 3 is 2.57 bits per heavy atom. The molecule has 2 N–H and O–H groups in total. The molecule has 6 nitrogen and oxygen atoms in total. The summed E-state index contributed by atoms with van der Waals surface area (Å²) in [6.07, 6.45) is 0. The second-order valence-corrected chi connectivity index (χ2v) is 5.68. The lowest BCUT2D eigenvalue weighted by Gasteiger charge is -2.13. The summed E-state index contributed by atoms with van der Waals surface area (Å²) in [5.41, 5.74) is 2.88. The number of amides is 1. The predicted molar refractivity (Wildman–Crippen MR) is 90.4 cm³/mol. The van der Waals surface area contributed by atoms with E-state index in [0.29, 0.717) is 23.1 Å². The first-order chi connectivity index (χ1) is 10.9. The Kier molecular flexibility index (Phi) is 5.16. The molecule has 0 atom stereocenters. The summed E-state index contributed by atoms with van der Waals surface area (Å²) >= 11 is 0. The van der Waals surface area contributed by atoms with Crippen molar-refractivity contribution in [3.05, 3.63) is 41.2 Å². The summed E-state index contributed by atoms with van der Waals surface area (Å²) in [6, 6.07) is 7.49. The van der Waals surface area contributed by atoms with E-state index in [9.17, 15) is 4.79 Å². The average molecular weight is 314 g/mol. The summed E-state index contributed by atoms with van der Waals surface area (Å²) in [4.78, 5) is 20.8. The molecule has 23 heavy (non-hydrogen) atoms. The van der Waals surface area contributed by atoms with Gasteiger partial charge in [-0.2, -0.15) is 0 Å². The molecule has 2 aromatic rings. The van der Waals surface area contributed by atoms with Crippen molar-refractivity contribution in [1.82, 2.24) is 15.3 Å². The van der Waals surface area contributed by atoms with Crippen LogP contribution in [-0.2, 0) is 0 Å². The molecular formula is C17H22N4O2. The first-order valence-corrected chi connectivity index (χ1v) is 7.47. The lowest BCUT2D eigenvalue weighted by atomic mass is 10.2. The number of aryl methyl sites for hydroxylation is 2. The van der Waals surface area contributed by atoms with E-state index in [1.54, 1.807) is 13.2 Å². The van der Waals surface area contributed by atoms with Crippen LogP contribution in [0.2, 0.25) is 0 Å². The molecule has 122 valence electrons. The molecule has 0 radical (unpaired) electrons. The number of carbonyl (C=O) groups is 1. The minimum absolute atomic E-state index is 0.0473. The van der Waals surface area contributed by atoms with Crippen LogP contribution in [0, 0.1) is 13.8 Å². The maximum atomic E-state index is 12.1.